The van der Waals surface area contributed by atoms with E-state index in [1.165, 1.54) is 6.42 Å². The fourth-order valence-corrected chi connectivity index (χ4v) is 3.63. The Morgan fingerprint density at radius 1 is 1.08 bits per heavy atom. The highest BCUT2D eigenvalue weighted by Crippen LogP contribution is 2.24. The molecule has 0 bridgehead atoms. The highest BCUT2D eigenvalue weighted by Gasteiger charge is 2.23. The van der Waals surface area contributed by atoms with E-state index in [-0.39, 0.29) is 5.91 Å². The zero-order chi connectivity index (χ0) is 16.9. The van der Waals surface area contributed by atoms with Crippen molar-refractivity contribution in [2.45, 2.75) is 19.3 Å². The number of piperazine rings is 1. The smallest absolute Gasteiger partial charge is 0.236 e. The number of benzene rings is 1. The Bertz CT molecular complexity index is 628. The number of rotatable bonds is 3. The highest BCUT2D eigenvalue weighted by molar-refractivity contribution is 6.30. The Morgan fingerprint density at radius 3 is 2.46 bits per heavy atom. The molecule has 0 radical (unpaired) electrons. The van der Waals surface area contributed by atoms with Gasteiger partial charge in [-0.3, -0.25) is 9.69 Å². The van der Waals surface area contributed by atoms with Crippen LogP contribution in [0.4, 0.5) is 5.69 Å². The van der Waals surface area contributed by atoms with Gasteiger partial charge in [0.1, 0.15) is 6.07 Å². The zero-order valence-electron chi connectivity index (χ0n) is 13.9. The first kappa shape index (κ1) is 17.1. The van der Waals surface area contributed by atoms with Crippen molar-refractivity contribution in [1.82, 2.24) is 9.80 Å². The van der Waals surface area contributed by atoms with Crippen LogP contribution in [0.1, 0.15) is 24.8 Å². The predicted molar refractivity (Wildman–Crippen MR) is 95.3 cm³/mol. The first-order valence-electron chi connectivity index (χ1n) is 8.62. The molecule has 128 valence electrons. The summed E-state index contributed by atoms with van der Waals surface area (Å²) in [6.07, 6.45) is 3.50. The van der Waals surface area contributed by atoms with Gasteiger partial charge in [-0.1, -0.05) is 11.6 Å². The minimum atomic E-state index is 0.257. The van der Waals surface area contributed by atoms with Gasteiger partial charge < -0.3 is 9.80 Å². The van der Waals surface area contributed by atoms with Crippen molar-refractivity contribution in [3.05, 3.63) is 28.8 Å². The highest BCUT2D eigenvalue weighted by atomic mass is 35.5. The van der Waals surface area contributed by atoms with Crippen LogP contribution in [0.15, 0.2) is 18.2 Å². The molecule has 2 aliphatic rings. The lowest BCUT2D eigenvalue weighted by Gasteiger charge is -2.37. The number of nitrogens with zero attached hydrogens (tertiary/aromatic N) is 4. The van der Waals surface area contributed by atoms with Crippen molar-refractivity contribution in [3.63, 3.8) is 0 Å². The van der Waals surface area contributed by atoms with E-state index < -0.39 is 0 Å². The van der Waals surface area contributed by atoms with Crippen LogP contribution in [-0.4, -0.2) is 61.5 Å². The third-order valence-corrected chi connectivity index (χ3v) is 5.09. The molecule has 0 aromatic heterocycles. The van der Waals surface area contributed by atoms with Gasteiger partial charge in [0.25, 0.3) is 0 Å². The van der Waals surface area contributed by atoms with Crippen molar-refractivity contribution >= 4 is 23.2 Å². The summed E-state index contributed by atoms with van der Waals surface area (Å²) in [5.74, 6) is 0.257. The molecule has 1 aromatic rings. The minimum absolute atomic E-state index is 0.257. The number of nitriles is 1. The maximum atomic E-state index is 12.4. The second-order valence-electron chi connectivity index (χ2n) is 6.48. The van der Waals surface area contributed by atoms with Crippen LogP contribution in [-0.2, 0) is 4.79 Å². The number of carbonyl (C=O) groups is 1. The SMILES string of the molecule is N#Cc1cc(Cl)ccc1N1CCN(CC(=O)N2CCCCC2)CC1. The first-order valence-corrected chi connectivity index (χ1v) is 9.00. The molecule has 0 aliphatic carbocycles. The van der Waals surface area contributed by atoms with Crippen molar-refractivity contribution < 1.29 is 4.79 Å². The maximum absolute atomic E-state index is 12.4. The first-order chi connectivity index (χ1) is 11.7. The van der Waals surface area contributed by atoms with Crippen LogP contribution >= 0.6 is 11.6 Å². The summed E-state index contributed by atoms with van der Waals surface area (Å²) in [5, 5.41) is 9.88. The second-order valence-corrected chi connectivity index (χ2v) is 6.91. The van der Waals surface area contributed by atoms with Gasteiger partial charge in [-0.2, -0.15) is 5.26 Å². The molecule has 6 heteroatoms. The van der Waals surface area contributed by atoms with E-state index in [4.69, 9.17) is 11.6 Å². The predicted octanol–water partition coefficient (Wildman–Crippen LogP) is 2.35. The molecule has 24 heavy (non-hydrogen) atoms. The monoisotopic (exact) mass is 346 g/mol. The quantitative estimate of drug-likeness (QED) is 0.843. The van der Waals surface area contributed by atoms with Crippen LogP contribution in [0.5, 0.6) is 0 Å². The molecule has 0 unspecified atom stereocenters. The molecule has 0 spiro atoms. The Labute approximate surface area is 148 Å². The van der Waals surface area contributed by atoms with Crippen LogP contribution in [0, 0.1) is 11.3 Å². The molecule has 5 nitrogen and oxygen atoms in total. The summed E-state index contributed by atoms with van der Waals surface area (Å²) in [5.41, 5.74) is 1.55. The molecule has 2 saturated heterocycles. The van der Waals surface area contributed by atoms with Gasteiger partial charge in [-0.15, -0.1) is 0 Å². The van der Waals surface area contributed by atoms with Crippen molar-refractivity contribution in [1.29, 1.82) is 5.26 Å². The Kier molecular flexibility index (Phi) is 5.60. The lowest BCUT2D eigenvalue weighted by molar-refractivity contribution is -0.133. The molecule has 2 fully saturated rings. The lowest BCUT2D eigenvalue weighted by Crippen LogP contribution is -2.50. The molecule has 1 amide bonds. The number of anilines is 1. The maximum Gasteiger partial charge on any atom is 0.236 e. The molecular formula is C18H23ClN4O. The minimum Gasteiger partial charge on any atom is -0.368 e. The Hall–Kier alpha value is -1.77. The molecule has 1 aromatic carbocycles. The fraction of sp³-hybridized carbons (Fsp3) is 0.556. The standard InChI is InChI=1S/C18H23ClN4O/c19-16-4-5-17(15(12-16)13-20)22-10-8-21(9-11-22)14-18(24)23-6-2-1-3-7-23/h4-5,12H,1-3,6-11,14H2. The largest absolute Gasteiger partial charge is 0.368 e. The number of piperidine rings is 1. The number of amides is 1. The third kappa shape index (κ3) is 4.00. The number of hydrogen-bond acceptors (Lipinski definition) is 4. The molecule has 2 aliphatic heterocycles. The fourth-order valence-electron chi connectivity index (χ4n) is 3.46. The van der Waals surface area contributed by atoms with E-state index in [2.05, 4.69) is 15.9 Å². The van der Waals surface area contributed by atoms with E-state index in [9.17, 15) is 10.1 Å². The van der Waals surface area contributed by atoms with Crippen LogP contribution in [0.3, 0.4) is 0 Å². The van der Waals surface area contributed by atoms with Gasteiger partial charge in [0.15, 0.2) is 0 Å². The van der Waals surface area contributed by atoms with Gasteiger partial charge in [0.2, 0.25) is 5.91 Å². The van der Waals surface area contributed by atoms with Crippen molar-refractivity contribution in [2.24, 2.45) is 0 Å². The van der Waals surface area contributed by atoms with Crippen LogP contribution < -0.4 is 4.90 Å². The summed E-state index contributed by atoms with van der Waals surface area (Å²) in [6.45, 7) is 5.66. The van der Waals surface area contributed by atoms with Gasteiger partial charge in [-0.25, -0.2) is 0 Å². The Balaban J connectivity index is 1.54. The molecule has 0 atom stereocenters. The van der Waals surface area contributed by atoms with Crippen molar-refractivity contribution in [2.75, 3.05) is 50.7 Å². The zero-order valence-corrected chi connectivity index (χ0v) is 14.6. The topological polar surface area (TPSA) is 50.6 Å². The summed E-state index contributed by atoms with van der Waals surface area (Å²) in [4.78, 5) is 18.8. The van der Waals surface area contributed by atoms with E-state index in [1.54, 1.807) is 6.07 Å². The normalized spacial score (nSPS) is 19.2. The van der Waals surface area contributed by atoms with Gasteiger partial charge in [-0.05, 0) is 37.5 Å². The van der Waals surface area contributed by atoms with Gasteiger partial charge >= 0.3 is 0 Å². The Morgan fingerprint density at radius 2 is 1.79 bits per heavy atom. The third-order valence-electron chi connectivity index (χ3n) is 4.86. The lowest BCUT2D eigenvalue weighted by atomic mass is 10.1. The number of carbonyl (C=O) groups excluding carboxylic acids is 1. The molecular weight excluding hydrogens is 324 g/mol. The molecule has 2 heterocycles. The van der Waals surface area contributed by atoms with Crippen molar-refractivity contribution in [3.8, 4) is 6.07 Å². The summed E-state index contributed by atoms with van der Waals surface area (Å²) >= 11 is 5.97. The van der Waals surface area contributed by atoms with Crippen LogP contribution in [0.25, 0.3) is 0 Å². The molecule has 0 N–H and O–H groups in total. The van der Waals surface area contributed by atoms with E-state index >= 15 is 0 Å². The van der Waals surface area contributed by atoms with E-state index in [0.717, 1.165) is 57.8 Å². The molecule has 0 saturated carbocycles. The number of hydrogen-bond donors (Lipinski definition) is 0. The number of likely N-dealkylation sites (tertiary alicyclic amines) is 1. The summed E-state index contributed by atoms with van der Waals surface area (Å²) < 4.78 is 0. The summed E-state index contributed by atoms with van der Waals surface area (Å²) in [7, 11) is 0. The van der Waals surface area contributed by atoms with Crippen LogP contribution in [0.2, 0.25) is 5.02 Å². The second kappa shape index (κ2) is 7.87. The molecule has 3 rings (SSSR count). The number of halogens is 1. The average Bonchev–Trinajstić information content (AvgIpc) is 2.63. The van der Waals surface area contributed by atoms with E-state index in [1.807, 2.05) is 17.0 Å². The van der Waals surface area contributed by atoms with Gasteiger partial charge in [0.05, 0.1) is 17.8 Å². The average molecular weight is 347 g/mol. The van der Waals surface area contributed by atoms with E-state index in [0.29, 0.717) is 17.1 Å². The van der Waals surface area contributed by atoms with Gasteiger partial charge in [0, 0.05) is 44.3 Å². The summed E-state index contributed by atoms with van der Waals surface area (Å²) in [6, 6.07) is 7.67.